The zero-order valence-corrected chi connectivity index (χ0v) is 16.0. The summed E-state index contributed by atoms with van der Waals surface area (Å²) in [4.78, 5) is 35.9. The molecule has 0 saturated heterocycles. The number of ether oxygens (including phenoxy) is 3. The summed E-state index contributed by atoms with van der Waals surface area (Å²) in [6.07, 6.45) is 2.56. The molecule has 2 aliphatic rings. The number of pyridine rings is 1. The highest BCUT2D eigenvalue weighted by molar-refractivity contribution is 5.96. The zero-order chi connectivity index (χ0) is 21.1. The molecule has 10 nitrogen and oxygen atoms in total. The Morgan fingerprint density at radius 1 is 1.17 bits per heavy atom. The Hall–Kier alpha value is -3.82. The van der Waals surface area contributed by atoms with E-state index in [1.54, 1.807) is 18.2 Å². The van der Waals surface area contributed by atoms with Crippen molar-refractivity contribution in [3.05, 3.63) is 52.1 Å². The molecule has 2 aliphatic heterocycles. The molecule has 0 amide bonds. The van der Waals surface area contributed by atoms with Crippen LogP contribution in [0.1, 0.15) is 28.4 Å². The van der Waals surface area contributed by atoms with E-state index in [-0.39, 0.29) is 23.2 Å². The van der Waals surface area contributed by atoms with Crippen molar-refractivity contribution in [2.45, 2.75) is 12.5 Å². The van der Waals surface area contributed by atoms with Crippen LogP contribution in [-0.4, -0.2) is 53.1 Å². The number of carboxylic acids is 1. The third-order valence-corrected chi connectivity index (χ3v) is 4.51. The molecule has 0 radical (unpaired) electrons. The first-order chi connectivity index (χ1) is 13.9. The Labute approximate surface area is 165 Å². The summed E-state index contributed by atoms with van der Waals surface area (Å²) in [7, 11) is 4.17. The lowest BCUT2D eigenvalue weighted by Crippen LogP contribution is -2.19. The number of fused-ring (bicyclic) bond motifs is 1. The molecule has 1 atom stereocenters. The summed E-state index contributed by atoms with van der Waals surface area (Å²) >= 11 is 0. The number of rotatable bonds is 7. The monoisotopic (exact) mass is 401 g/mol. The third kappa shape index (κ3) is 3.77. The predicted molar refractivity (Wildman–Crippen MR) is 101 cm³/mol. The predicted octanol–water partition coefficient (Wildman–Crippen LogP) is 1.54. The largest absolute Gasteiger partial charge is 0.493 e. The summed E-state index contributed by atoms with van der Waals surface area (Å²) in [5.74, 6) is -0.857. The first-order valence-corrected chi connectivity index (χ1v) is 8.51. The van der Waals surface area contributed by atoms with Gasteiger partial charge < -0.3 is 23.9 Å². The maximum absolute atomic E-state index is 12.2. The number of aliphatic carboxylic acids is 1. The second kappa shape index (κ2) is 8.05. The first-order valence-electron chi connectivity index (χ1n) is 8.51. The first kappa shape index (κ1) is 19.9. The van der Waals surface area contributed by atoms with Crippen LogP contribution in [0.3, 0.4) is 0 Å². The minimum absolute atomic E-state index is 0.0409. The van der Waals surface area contributed by atoms with Crippen molar-refractivity contribution in [3.63, 3.8) is 0 Å². The van der Waals surface area contributed by atoms with Gasteiger partial charge in [0.25, 0.3) is 5.56 Å². The number of benzene rings is 1. The van der Waals surface area contributed by atoms with Crippen molar-refractivity contribution in [1.29, 1.82) is 0 Å². The van der Waals surface area contributed by atoms with Crippen LogP contribution in [0, 0.1) is 0 Å². The molecule has 29 heavy (non-hydrogen) atoms. The average molecular weight is 401 g/mol. The minimum atomic E-state index is -1.06. The molecular weight excluding hydrogens is 382 g/mol. The number of carbonyl (C=O) groups is 2. The molecule has 1 aromatic rings. The Balaban J connectivity index is 2.22. The van der Waals surface area contributed by atoms with Crippen LogP contribution in [-0.2, 0) is 9.53 Å². The summed E-state index contributed by atoms with van der Waals surface area (Å²) in [5.41, 5.74) is 0.421. The van der Waals surface area contributed by atoms with E-state index in [0.717, 1.165) is 0 Å². The van der Waals surface area contributed by atoms with Gasteiger partial charge in [-0.3, -0.25) is 9.59 Å². The molecular formula is C19H19N3O7. The van der Waals surface area contributed by atoms with Crippen molar-refractivity contribution >= 4 is 11.9 Å². The molecule has 0 aromatic heterocycles. The molecule has 152 valence electrons. The van der Waals surface area contributed by atoms with Gasteiger partial charge in [-0.2, -0.15) is 5.10 Å². The number of H-pyrrole nitrogens is 1. The van der Waals surface area contributed by atoms with Gasteiger partial charge in [-0.25, -0.2) is 9.89 Å². The summed E-state index contributed by atoms with van der Waals surface area (Å²) in [6, 6.07) is 4.25. The molecule has 10 heteroatoms. The summed E-state index contributed by atoms with van der Waals surface area (Å²) in [5, 5.41) is 15.6. The number of aromatic nitrogens is 3. The number of esters is 1. The van der Waals surface area contributed by atoms with E-state index in [9.17, 15) is 19.5 Å². The molecule has 0 saturated carbocycles. The Kier molecular flexibility index (Phi) is 5.53. The van der Waals surface area contributed by atoms with Gasteiger partial charge in [0.05, 0.1) is 39.4 Å². The quantitative estimate of drug-likeness (QED) is 0.570. The number of carboxylic acid groups (broad SMARTS) is 1. The normalized spacial score (nSPS) is 11.8. The van der Waals surface area contributed by atoms with E-state index in [1.807, 2.05) is 0 Å². The van der Waals surface area contributed by atoms with E-state index in [1.165, 1.54) is 38.3 Å². The maximum atomic E-state index is 12.2. The summed E-state index contributed by atoms with van der Waals surface area (Å²) in [6.45, 7) is 0. The fourth-order valence-corrected chi connectivity index (χ4v) is 3.12. The van der Waals surface area contributed by atoms with Gasteiger partial charge in [0.15, 0.2) is 11.5 Å². The topological polar surface area (TPSA) is 133 Å². The van der Waals surface area contributed by atoms with Gasteiger partial charge in [0.1, 0.15) is 11.3 Å². The summed E-state index contributed by atoms with van der Waals surface area (Å²) < 4.78 is 16.8. The van der Waals surface area contributed by atoms with Gasteiger partial charge >= 0.3 is 11.9 Å². The second-order valence-electron chi connectivity index (χ2n) is 6.15. The number of hydrogen-bond acceptors (Lipinski definition) is 7. The van der Waals surface area contributed by atoms with Gasteiger partial charge in [0.2, 0.25) is 0 Å². The lowest BCUT2D eigenvalue weighted by molar-refractivity contribution is -0.137. The van der Waals surface area contributed by atoms with Gasteiger partial charge in [-0.1, -0.05) is 6.07 Å². The highest BCUT2D eigenvalue weighted by Gasteiger charge is 2.26. The van der Waals surface area contributed by atoms with Crippen LogP contribution < -0.4 is 15.0 Å². The highest BCUT2D eigenvalue weighted by Crippen LogP contribution is 2.34. The van der Waals surface area contributed by atoms with Gasteiger partial charge in [-0.05, 0) is 17.7 Å². The number of methoxy groups -OCH3 is 3. The van der Waals surface area contributed by atoms with Crippen molar-refractivity contribution < 1.29 is 28.9 Å². The van der Waals surface area contributed by atoms with Crippen molar-refractivity contribution in [3.8, 4) is 22.8 Å². The minimum Gasteiger partial charge on any atom is -0.493 e. The van der Waals surface area contributed by atoms with Crippen molar-refractivity contribution in [2.75, 3.05) is 21.3 Å². The standard InChI is InChI=1S/C19H19N3O7/c1-27-14-5-4-10(6-15(14)28-2)13(7-16(23)24)22-8-11-17(20-21-18(11)25)12(9-22)19(26)29-3/h4-6,8-9,13H,7H2,1-3H3,(H,21,25)(H,23,24)/t13-/m0/s1. The van der Waals surface area contributed by atoms with Gasteiger partial charge in [0, 0.05) is 12.4 Å². The van der Waals surface area contributed by atoms with Crippen LogP contribution in [0.4, 0.5) is 0 Å². The van der Waals surface area contributed by atoms with E-state index < -0.39 is 23.5 Å². The maximum Gasteiger partial charge on any atom is 0.341 e. The molecule has 0 fully saturated rings. The SMILES string of the molecule is COC(=O)c1cn([C@@H](CC(=O)O)c2ccc(OC)c(OC)c2)cc2c(=O)[nH]nc1-2. The lowest BCUT2D eigenvalue weighted by Gasteiger charge is -2.22. The third-order valence-electron chi connectivity index (χ3n) is 4.51. The van der Waals surface area contributed by atoms with Crippen molar-refractivity contribution in [1.82, 2.24) is 14.8 Å². The fraction of sp³-hybridized carbons (Fsp3) is 0.263. The van der Waals surface area contributed by atoms with Gasteiger partial charge in [-0.15, -0.1) is 0 Å². The highest BCUT2D eigenvalue weighted by atomic mass is 16.5. The average Bonchev–Trinajstić information content (AvgIpc) is 3.10. The van der Waals surface area contributed by atoms with Crippen LogP contribution >= 0.6 is 0 Å². The van der Waals surface area contributed by atoms with Crippen LogP contribution in [0.25, 0.3) is 11.3 Å². The number of carbonyl (C=O) groups excluding carboxylic acids is 1. The molecule has 2 heterocycles. The van der Waals surface area contributed by atoms with Crippen LogP contribution in [0.2, 0.25) is 0 Å². The number of aromatic amines is 1. The number of nitrogens with one attached hydrogen (secondary N) is 1. The van der Waals surface area contributed by atoms with Crippen LogP contribution in [0.15, 0.2) is 35.4 Å². The van der Waals surface area contributed by atoms with Crippen LogP contribution in [0.5, 0.6) is 11.5 Å². The molecule has 0 unspecified atom stereocenters. The molecule has 0 bridgehead atoms. The molecule has 0 spiro atoms. The zero-order valence-electron chi connectivity index (χ0n) is 16.0. The van der Waals surface area contributed by atoms with E-state index in [2.05, 4.69) is 10.2 Å². The molecule has 3 rings (SSSR count). The van der Waals surface area contributed by atoms with E-state index >= 15 is 0 Å². The Morgan fingerprint density at radius 2 is 1.90 bits per heavy atom. The van der Waals surface area contributed by atoms with E-state index in [0.29, 0.717) is 17.1 Å². The molecule has 0 aliphatic carbocycles. The number of hydrogen-bond donors (Lipinski definition) is 2. The smallest absolute Gasteiger partial charge is 0.341 e. The second-order valence-corrected chi connectivity index (χ2v) is 6.15. The number of nitrogens with zero attached hydrogens (tertiary/aromatic N) is 2. The molecule has 2 N–H and O–H groups in total. The molecule has 1 aromatic carbocycles. The fourth-order valence-electron chi connectivity index (χ4n) is 3.12. The Bertz CT molecular complexity index is 1090. The van der Waals surface area contributed by atoms with Crippen molar-refractivity contribution in [2.24, 2.45) is 0 Å². The Morgan fingerprint density at radius 3 is 2.52 bits per heavy atom. The lowest BCUT2D eigenvalue weighted by atomic mass is 10.0. The van der Waals surface area contributed by atoms with E-state index in [4.69, 9.17) is 14.2 Å².